The van der Waals surface area contributed by atoms with E-state index in [1.165, 1.54) is 18.2 Å². The van der Waals surface area contributed by atoms with Crippen LogP contribution in [0.4, 0.5) is 32.0 Å². The molecule has 0 aliphatic carbocycles. The standard InChI is InChI=1S/C12H10F6N2O/c13-11(14,15)9(12(16,17)18)10(21)20-4-6-1-2-8(19)3-7(6)5-20/h1-3,9H,4-5,19H2. The fraction of sp³-hybridized carbons (Fsp3) is 0.417. The van der Waals surface area contributed by atoms with Gasteiger partial charge in [-0.05, 0) is 23.3 Å². The van der Waals surface area contributed by atoms with Crippen molar-refractivity contribution in [3.8, 4) is 0 Å². The first-order valence-corrected chi connectivity index (χ1v) is 5.79. The fourth-order valence-electron chi connectivity index (χ4n) is 2.22. The molecule has 1 aliphatic heterocycles. The number of nitrogens with zero attached hydrogens (tertiary/aromatic N) is 1. The molecule has 0 aromatic heterocycles. The van der Waals surface area contributed by atoms with Crippen LogP contribution in [0.1, 0.15) is 11.1 Å². The van der Waals surface area contributed by atoms with Crippen LogP contribution < -0.4 is 5.73 Å². The highest BCUT2D eigenvalue weighted by Gasteiger charge is 2.62. The zero-order chi connectivity index (χ0) is 16.0. The highest BCUT2D eigenvalue weighted by Crippen LogP contribution is 2.41. The Kier molecular flexibility index (Phi) is 3.54. The van der Waals surface area contributed by atoms with Crippen molar-refractivity contribution in [2.24, 2.45) is 5.92 Å². The largest absolute Gasteiger partial charge is 0.409 e. The van der Waals surface area contributed by atoms with Crippen molar-refractivity contribution < 1.29 is 31.1 Å². The van der Waals surface area contributed by atoms with Gasteiger partial charge in [0.1, 0.15) is 0 Å². The molecular formula is C12H10F6N2O. The van der Waals surface area contributed by atoms with Gasteiger partial charge in [-0.1, -0.05) is 6.07 Å². The van der Waals surface area contributed by atoms with Gasteiger partial charge in [-0.25, -0.2) is 0 Å². The van der Waals surface area contributed by atoms with Gasteiger partial charge >= 0.3 is 12.4 Å². The van der Waals surface area contributed by atoms with Crippen LogP contribution in [-0.2, 0) is 17.9 Å². The average Bonchev–Trinajstić information content (AvgIpc) is 2.67. The van der Waals surface area contributed by atoms with E-state index < -0.39 is 24.2 Å². The number of alkyl halides is 6. The molecule has 9 heteroatoms. The van der Waals surface area contributed by atoms with E-state index in [-0.39, 0.29) is 13.1 Å². The van der Waals surface area contributed by atoms with Gasteiger partial charge in [0.25, 0.3) is 0 Å². The summed E-state index contributed by atoms with van der Waals surface area (Å²) < 4.78 is 75.2. The minimum atomic E-state index is -5.68. The maximum absolute atomic E-state index is 12.5. The van der Waals surface area contributed by atoms with Crippen LogP contribution in [0, 0.1) is 5.92 Å². The number of nitrogen functional groups attached to an aromatic ring is 1. The van der Waals surface area contributed by atoms with E-state index in [1.54, 1.807) is 0 Å². The minimum Gasteiger partial charge on any atom is -0.399 e. The summed E-state index contributed by atoms with van der Waals surface area (Å²) in [7, 11) is 0. The van der Waals surface area contributed by atoms with E-state index in [9.17, 15) is 31.1 Å². The number of rotatable bonds is 1. The van der Waals surface area contributed by atoms with Crippen LogP contribution in [0.5, 0.6) is 0 Å². The molecule has 0 saturated heterocycles. The summed E-state index contributed by atoms with van der Waals surface area (Å²) in [5.41, 5.74) is 6.75. The van der Waals surface area contributed by atoms with Crippen molar-refractivity contribution in [2.45, 2.75) is 25.4 Å². The lowest BCUT2D eigenvalue weighted by molar-refractivity contribution is -0.277. The summed E-state index contributed by atoms with van der Waals surface area (Å²) in [5.74, 6) is -6.00. The molecule has 1 heterocycles. The first-order valence-electron chi connectivity index (χ1n) is 5.79. The van der Waals surface area contributed by atoms with E-state index in [1.807, 2.05) is 0 Å². The van der Waals surface area contributed by atoms with Crippen molar-refractivity contribution in [2.75, 3.05) is 5.73 Å². The first-order chi connectivity index (χ1) is 9.50. The fourth-order valence-corrected chi connectivity index (χ4v) is 2.22. The molecule has 0 spiro atoms. The maximum Gasteiger partial charge on any atom is 0.409 e. The van der Waals surface area contributed by atoms with Gasteiger partial charge in [0.05, 0.1) is 0 Å². The number of halogens is 6. The molecule has 1 aromatic rings. The van der Waals surface area contributed by atoms with Gasteiger partial charge in [-0.2, -0.15) is 26.3 Å². The summed E-state index contributed by atoms with van der Waals surface area (Å²) >= 11 is 0. The normalized spacial score (nSPS) is 15.5. The monoisotopic (exact) mass is 312 g/mol. The summed E-state index contributed by atoms with van der Waals surface area (Å²) in [4.78, 5) is 12.2. The van der Waals surface area contributed by atoms with E-state index in [2.05, 4.69) is 0 Å². The van der Waals surface area contributed by atoms with Crippen molar-refractivity contribution in [1.29, 1.82) is 0 Å². The molecule has 0 fully saturated rings. The molecule has 3 nitrogen and oxygen atoms in total. The molecule has 1 amide bonds. The summed E-state index contributed by atoms with van der Waals surface area (Å²) in [5, 5.41) is 0. The molecule has 2 N–H and O–H groups in total. The molecule has 116 valence electrons. The third-order valence-corrected chi connectivity index (χ3v) is 3.17. The Bertz CT molecular complexity index is 552. The van der Waals surface area contributed by atoms with Gasteiger partial charge in [0, 0.05) is 18.8 Å². The van der Waals surface area contributed by atoms with Gasteiger partial charge < -0.3 is 10.6 Å². The topological polar surface area (TPSA) is 46.3 Å². The molecule has 1 aromatic carbocycles. The van der Waals surface area contributed by atoms with E-state index in [4.69, 9.17) is 5.73 Å². The van der Waals surface area contributed by atoms with Gasteiger partial charge in [0.15, 0.2) is 0 Å². The zero-order valence-electron chi connectivity index (χ0n) is 10.4. The number of benzene rings is 1. The smallest absolute Gasteiger partial charge is 0.399 e. The van der Waals surface area contributed by atoms with E-state index in [0.29, 0.717) is 21.7 Å². The van der Waals surface area contributed by atoms with E-state index >= 15 is 0 Å². The average molecular weight is 312 g/mol. The highest BCUT2D eigenvalue weighted by molar-refractivity contribution is 5.81. The van der Waals surface area contributed by atoms with Crippen LogP contribution in [-0.4, -0.2) is 23.2 Å². The highest BCUT2D eigenvalue weighted by atomic mass is 19.4. The van der Waals surface area contributed by atoms with Gasteiger partial charge in [0.2, 0.25) is 11.8 Å². The molecular weight excluding hydrogens is 302 g/mol. The second kappa shape index (κ2) is 4.81. The summed E-state index contributed by atoms with van der Waals surface area (Å²) in [6, 6.07) is 4.38. The second-order valence-electron chi connectivity index (χ2n) is 4.74. The Morgan fingerprint density at radius 1 is 1.05 bits per heavy atom. The van der Waals surface area contributed by atoms with E-state index in [0.717, 1.165) is 0 Å². The molecule has 0 radical (unpaired) electrons. The maximum atomic E-state index is 12.5. The predicted octanol–water partition coefficient (Wildman–Crippen LogP) is 2.85. The minimum absolute atomic E-state index is 0.295. The summed E-state index contributed by atoms with van der Waals surface area (Å²) in [6.45, 7) is -0.612. The zero-order valence-corrected chi connectivity index (χ0v) is 10.4. The molecule has 0 atom stereocenters. The third-order valence-electron chi connectivity index (χ3n) is 3.17. The lowest BCUT2D eigenvalue weighted by atomic mass is 10.1. The summed E-state index contributed by atoms with van der Waals surface area (Å²) in [6.07, 6.45) is -11.4. The molecule has 1 aliphatic rings. The van der Waals surface area contributed by atoms with Crippen LogP contribution >= 0.6 is 0 Å². The SMILES string of the molecule is Nc1ccc2c(c1)CN(C(=O)C(C(F)(F)F)C(F)(F)F)C2. The van der Waals surface area contributed by atoms with Crippen LogP contribution in [0.3, 0.4) is 0 Å². The lowest BCUT2D eigenvalue weighted by Crippen LogP contribution is -2.48. The predicted molar refractivity (Wildman–Crippen MR) is 60.7 cm³/mol. The molecule has 2 rings (SSSR count). The van der Waals surface area contributed by atoms with Crippen molar-refractivity contribution >= 4 is 11.6 Å². The van der Waals surface area contributed by atoms with Gasteiger partial charge in [-0.3, -0.25) is 4.79 Å². The Hall–Kier alpha value is -1.93. The number of fused-ring (bicyclic) bond motifs is 1. The van der Waals surface area contributed by atoms with Crippen LogP contribution in [0.15, 0.2) is 18.2 Å². The van der Waals surface area contributed by atoms with Crippen LogP contribution in [0.25, 0.3) is 0 Å². The Labute approximate surface area is 115 Å². The molecule has 21 heavy (non-hydrogen) atoms. The second-order valence-corrected chi connectivity index (χ2v) is 4.74. The Morgan fingerprint density at radius 2 is 1.57 bits per heavy atom. The lowest BCUT2D eigenvalue weighted by Gasteiger charge is -2.26. The van der Waals surface area contributed by atoms with Crippen molar-refractivity contribution in [3.05, 3.63) is 29.3 Å². The number of anilines is 1. The third kappa shape index (κ3) is 3.06. The number of carbonyl (C=O) groups is 1. The molecule has 0 bridgehead atoms. The Balaban J connectivity index is 2.25. The molecule has 0 unspecified atom stereocenters. The Morgan fingerprint density at radius 3 is 2.10 bits per heavy atom. The number of carbonyl (C=O) groups excluding carboxylic acids is 1. The number of hydrogen-bond donors (Lipinski definition) is 1. The number of nitrogens with two attached hydrogens (primary N) is 1. The van der Waals surface area contributed by atoms with Crippen molar-refractivity contribution in [3.63, 3.8) is 0 Å². The van der Waals surface area contributed by atoms with Gasteiger partial charge in [-0.15, -0.1) is 0 Å². The molecule has 0 saturated carbocycles. The quantitative estimate of drug-likeness (QED) is 0.640. The first kappa shape index (κ1) is 15.5. The number of amides is 1. The van der Waals surface area contributed by atoms with Crippen molar-refractivity contribution in [1.82, 2.24) is 4.90 Å². The number of hydrogen-bond acceptors (Lipinski definition) is 2. The van der Waals surface area contributed by atoms with Crippen LogP contribution in [0.2, 0.25) is 0 Å².